The Kier molecular flexibility index (Phi) is 7.25. The van der Waals surface area contributed by atoms with Gasteiger partial charge in [-0.2, -0.15) is 11.3 Å². The molecule has 1 aromatic rings. The third-order valence-corrected chi connectivity index (χ3v) is 5.67. The Balaban J connectivity index is 2.02. The summed E-state index contributed by atoms with van der Waals surface area (Å²) in [5, 5.41) is 21.4. The third kappa shape index (κ3) is 5.41. The normalized spacial score (nSPS) is 20.3. The summed E-state index contributed by atoms with van der Waals surface area (Å²) in [5.41, 5.74) is 0.0243. The lowest BCUT2D eigenvalue weighted by Gasteiger charge is -2.43. The van der Waals surface area contributed by atoms with E-state index in [0.717, 1.165) is 50.7 Å². The number of rotatable bonds is 7. The first-order valence-electron chi connectivity index (χ1n) is 8.92. The van der Waals surface area contributed by atoms with Crippen molar-refractivity contribution in [3.05, 3.63) is 22.4 Å². The molecule has 2 heterocycles. The highest BCUT2D eigenvalue weighted by atomic mass is 32.1. The minimum Gasteiger partial charge on any atom is -0.383 e. The molecule has 0 aliphatic carbocycles. The molecule has 0 aromatic carbocycles. The van der Waals surface area contributed by atoms with Crippen LogP contribution in [0.15, 0.2) is 21.8 Å². The van der Waals surface area contributed by atoms with Crippen molar-refractivity contribution in [3.63, 3.8) is 0 Å². The highest BCUT2D eigenvalue weighted by molar-refractivity contribution is 7.08. The second kappa shape index (κ2) is 8.98. The molecule has 1 atom stereocenters. The van der Waals surface area contributed by atoms with Crippen LogP contribution in [0.25, 0.3) is 0 Å². The third-order valence-electron chi connectivity index (χ3n) is 4.99. The summed E-state index contributed by atoms with van der Waals surface area (Å²) >= 11 is 1.59. The molecule has 1 aliphatic heterocycles. The number of nitrogens with zero attached hydrogens (tertiary/aromatic N) is 2. The van der Waals surface area contributed by atoms with Gasteiger partial charge in [-0.3, -0.25) is 0 Å². The van der Waals surface area contributed by atoms with Crippen LogP contribution in [-0.4, -0.2) is 68.4 Å². The molecule has 0 spiro atoms. The predicted molar refractivity (Wildman–Crippen MR) is 104 cm³/mol. The minimum absolute atomic E-state index is 0.0737. The summed E-state index contributed by atoms with van der Waals surface area (Å²) in [6.45, 7) is 7.34. The van der Waals surface area contributed by atoms with Crippen molar-refractivity contribution in [3.8, 4) is 0 Å². The average Bonchev–Trinajstić information content (AvgIpc) is 3.14. The standard InChI is InChI=1S/C18H32N4O2S/c1-5-19-16(20-13-17(2,23)15-6-11-25-12-15)21-14-18(22(3)4)7-9-24-10-8-18/h6,11-12,23H,5,7-10,13-14H2,1-4H3,(H2,19,20,21). The van der Waals surface area contributed by atoms with E-state index < -0.39 is 5.60 Å². The Labute approximate surface area is 155 Å². The molecule has 1 saturated heterocycles. The zero-order chi connectivity index (χ0) is 18.3. The molecule has 142 valence electrons. The van der Waals surface area contributed by atoms with Crippen LogP contribution >= 0.6 is 11.3 Å². The number of likely N-dealkylation sites (N-methyl/N-ethyl adjacent to an activating group) is 1. The molecule has 0 amide bonds. The van der Waals surface area contributed by atoms with Gasteiger partial charge in [0, 0.05) is 31.8 Å². The summed E-state index contributed by atoms with van der Waals surface area (Å²) in [5.74, 6) is 0.741. The van der Waals surface area contributed by atoms with E-state index in [4.69, 9.17) is 4.74 Å². The molecule has 3 N–H and O–H groups in total. The van der Waals surface area contributed by atoms with Gasteiger partial charge in [0.2, 0.25) is 0 Å². The monoisotopic (exact) mass is 368 g/mol. The van der Waals surface area contributed by atoms with Gasteiger partial charge in [0.15, 0.2) is 5.96 Å². The molecular weight excluding hydrogens is 336 g/mol. The van der Waals surface area contributed by atoms with Gasteiger partial charge in [0.25, 0.3) is 0 Å². The van der Waals surface area contributed by atoms with E-state index >= 15 is 0 Å². The van der Waals surface area contributed by atoms with Crippen LogP contribution in [0.1, 0.15) is 32.3 Å². The summed E-state index contributed by atoms with van der Waals surface area (Å²) < 4.78 is 5.53. The molecule has 0 bridgehead atoms. The molecule has 0 saturated carbocycles. The Morgan fingerprint density at radius 3 is 2.68 bits per heavy atom. The Bertz CT molecular complexity index is 537. The van der Waals surface area contributed by atoms with Crippen LogP contribution in [0.2, 0.25) is 0 Å². The van der Waals surface area contributed by atoms with Crippen molar-refractivity contribution >= 4 is 17.3 Å². The van der Waals surface area contributed by atoms with Crippen molar-refractivity contribution in [2.75, 3.05) is 46.9 Å². The van der Waals surface area contributed by atoms with Crippen LogP contribution in [0.4, 0.5) is 0 Å². The number of aliphatic imine (C=N–C) groups is 1. The van der Waals surface area contributed by atoms with Gasteiger partial charge >= 0.3 is 0 Å². The van der Waals surface area contributed by atoms with Crippen LogP contribution in [0.3, 0.4) is 0 Å². The maximum absolute atomic E-state index is 10.7. The number of ether oxygens (including phenoxy) is 1. The first-order chi connectivity index (χ1) is 11.9. The van der Waals surface area contributed by atoms with E-state index in [9.17, 15) is 5.11 Å². The van der Waals surface area contributed by atoms with Gasteiger partial charge in [-0.1, -0.05) is 0 Å². The van der Waals surface area contributed by atoms with E-state index in [1.807, 2.05) is 30.7 Å². The molecule has 1 aliphatic rings. The van der Waals surface area contributed by atoms with Crippen molar-refractivity contribution < 1.29 is 9.84 Å². The van der Waals surface area contributed by atoms with Crippen molar-refractivity contribution in [2.24, 2.45) is 4.99 Å². The molecule has 6 nitrogen and oxygen atoms in total. The highest BCUT2D eigenvalue weighted by Crippen LogP contribution is 2.25. The maximum atomic E-state index is 10.7. The Hall–Kier alpha value is -1.15. The van der Waals surface area contributed by atoms with Crippen LogP contribution in [0, 0.1) is 0 Å². The van der Waals surface area contributed by atoms with Gasteiger partial charge in [-0.05, 0) is 63.2 Å². The second-order valence-electron chi connectivity index (χ2n) is 7.07. The highest BCUT2D eigenvalue weighted by Gasteiger charge is 2.35. The molecular formula is C18H32N4O2S. The van der Waals surface area contributed by atoms with Gasteiger partial charge in [-0.15, -0.1) is 0 Å². The van der Waals surface area contributed by atoms with Crippen molar-refractivity contribution in [1.82, 2.24) is 15.5 Å². The van der Waals surface area contributed by atoms with Gasteiger partial charge in [0.05, 0.1) is 6.54 Å². The zero-order valence-electron chi connectivity index (χ0n) is 15.8. The van der Waals surface area contributed by atoms with Crippen LogP contribution in [-0.2, 0) is 10.3 Å². The van der Waals surface area contributed by atoms with Crippen LogP contribution in [0.5, 0.6) is 0 Å². The zero-order valence-corrected chi connectivity index (χ0v) is 16.7. The van der Waals surface area contributed by atoms with Crippen LogP contribution < -0.4 is 10.6 Å². The number of hydrogen-bond acceptors (Lipinski definition) is 5. The molecule has 25 heavy (non-hydrogen) atoms. The summed E-state index contributed by atoms with van der Waals surface area (Å²) in [4.78, 5) is 6.90. The van der Waals surface area contributed by atoms with Crippen molar-refractivity contribution in [1.29, 1.82) is 0 Å². The number of aliphatic hydroxyl groups is 1. The van der Waals surface area contributed by atoms with Gasteiger partial charge in [0.1, 0.15) is 5.60 Å². The topological polar surface area (TPSA) is 69.1 Å². The van der Waals surface area contributed by atoms with Gasteiger partial charge < -0.3 is 25.4 Å². The molecule has 0 radical (unpaired) electrons. The van der Waals surface area contributed by atoms with E-state index in [0.29, 0.717) is 6.54 Å². The summed E-state index contributed by atoms with van der Waals surface area (Å²) in [6.07, 6.45) is 2.00. The predicted octanol–water partition coefficient (Wildman–Crippen LogP) is 1.62. The second-order valence-corrected chi connectivity index (χ2v) is 7.85. The number of hydrogen-bond donors (Lipinski definition) is 3. The Morgan fingerprint density at radius 1 is 1.40 bits per heavy atom. The first-order valence-corrected chi connectivity index (χ1v) is 9.86. The fourth-order valence-corrected chi connectivity index (χ4v) is 3.80. The first kappa shape index (κ1) is 20.2. The van der Waals surface area contributed by atoms with E-state index in [2.05, 4.69) is 34.6 Å². The molecule has 1 fully saturated rings. The smallest absolute Gasteiger partial charge is 0.191 e. The fourth-order valence-electron chi connectivity index (χ4n) is 3.02. The largest absolute Gasteiger partial charge is 0.383 e. The minimum atomic E-state index is -0.958. The number of nitrogens with one attached hydrogen (secondary N) is 2. The number of guanidine groups is 1. The SMILES string of the molecule is CCNC(=NCC(C)(O)c1ccsc1)NCC1(N(C)C)CCOCC1. The lowest BCUT2D eigenvalue weighted by molar-refractivity contribution is -0.00503. The lowest BCUT2D eigenvalue weighted by Crippen LogP contribution is -2.57. The lowest BCUT2D eigenvalue weighted by atomic mass is 9.88. The fraction of sp³-hybridized carbons (Fsp3) is 0.722. The van der Waals surface area contributed by atoms with E-state index in [-0.39, 0.29) is 5.54 Å². The van der Waals surface area contributed by atoms with E-state index in [1.165, 1.54) is 0 Å². The quantitative estimate of drug-likeness (QED) is 0.504. The molecule has 1 aromatic heterocycles. The van der Waals surface area contributed by atoms with Gasteiger partial charge in [-0.25, -0.2) is 4.99 Å². The molecule has 2 rings (SSSR count). The molecule has 1 unspecified atom stereocenters. The molecule has 7 heteroatoms. The maximum Gasteiger partial charge on any atom is 0.191 e. The summed E-state index contributed by atoms with van der Waals surface area (Å²) in [7, 11) is 4.25. The summed E-state index contributed by atoms with van der Waals surface area (Å²) in [6, 6.07) is 1.95. The Morgan fingerprint density at radius 2 is 2.12 bits per heavy atom. The number of thiophene rings is 1. The van der Waals surface area contributed by atoms with Crippen molar-refractivity contribution in [2.45, 2.75) is 37.8 Å². The average molecular weight is 369 g/mol. The van der Waals surface area contributed by atoms with E-state index in [1.54, 1.807) is 11.3 Å².